The summed E-state index contributed by atoms with van der Waals surface area (Å²) in [5.41, 5.74) is 3.68. The van der Waals surface area contributed by atoms with Gasteiger partial charge in [0.1, 0.15) is 5.76 Å². The number of aromatic nitrogens is 3. The van der Waals surface area contributed by atoms with Crippen LogP contribution in [0.15, 0.2) is 10.7 Å². The highest BCUT2D eigenvalue weighted by atomic mass is 16.5. The first kappa shape index (κ1) is 13.9. The van der Waals surface area contributed by atoms with Crippen molar-refractivity contribution in [2.24, 2.45) is 13.0 Å². The van der Waals surface area contributed by atoms with E-state index in [2.05, 4.69) is 25.9 Å². The smallest absolute Gasteiger partial charge is 0.214 e. The molecule has 0 aliphatic heterocycles. The Morgan fingerprint density at radius 1 is 1.36 bits per heavy atom. The highest BCUT2D eigenvalue weighted by Crippen LogP contribution is 2.56. The molecule has 2 atom stereocenters. The van der Waals surface area contributed by atoms with Crippen molar-refractivity contribution in [3.63, 3.8) is 0 Å². The summed E-state index contributed by atoms with van der Waals surface area (Å²) in [5.74, 6) is 2.46. The maximum absolute atomic E-state index is 5.60. The van der Waals surface area contributed by atoms with E-state index < -0.39 is 0 Å². The fourth-order valence-electron chi connectivity index (χ4n) is 5.10. The van der Waals surface area contributed by atoms with Gasteiger partial charge in [-0.1, -0.05) is 25.9 Å². The van der Waals surface area contributed by atoms with Crippen LogP contribution in [0.25, 0.3) is 0 Å². The Hall–Kier alpha value is -1.78. The van der Waals surface area contributed by atoms with E-state index in [-0.39, 0.29) is 10.8 Å². The fourth-order valence-corrected chi connectivity index (χ4v) is 5.10. The van der Waals surface area contributed by atoms with Crippen molar-refractivity contribution in [1.29, 1.82) is 0 Å². The summed E-state index contributed by atoms with van der Waals surface area (Å²) < 4.78 is 13.1. The van der Waals surface area contributed by atoms with Gasteiger partial charge < -0.3 is 9.26 Å². The molecule has 118 valence electrons. The Kier molecular flexibility index (Phi) is 2.61. The molecule has 0 amide bonds. The van der Waals surface area contributed by atoms with Crippen LogP contribution >= 0.6 is 0 Å². The summed E-state index contributed by atoms with van der Waals surface area (Å²) >= 11 is 0. The molecular formula is C17H23N3O2. The van der Waals surface area contributed by atoms with Gasteiger partial charge in [0.2, 0.25) is 5.88 Å². The summed E-state index contributed by atoms with van der Waals surface area (Å²) in [6.45, 7) is 6.91. The van der Waals surface area contributed by atoms with E-state index in [1.54, 1.807) is 7.11 Å². The van der Waals surface area contributed by atoms with Gasteiger partial charge in [-0.15, -0.1) is 0 Å². The zero-order valence-corrected chi connectivity index (χ0v) is 13.9. The maximum Gasteiger partial charge on any atom is 0.214 e. The summed E-state index contributed by atoms with van der Waals surface area (Å²) in [6.07, 6.45) is 4.96. The molecule has 0 spiro atoms. The minimum Gasteiger partial charge on any atom is -0.481 e. The van der Waals surface area contributed by atoms with Crippen LogP contribution < -0.4 is 4.74 Å². The van der Waals surface area contributed by atoms with Crippen LogP contribution in [0.5, 0.6) is 5.88 Å². The van der Waals surface area contributed by atoms with Crippen molar-refractivity contribution in [3.05, 3.63) is 28.8 Å². The van der Waals surface area contributed by atoms with Gasteiger partial charge in [-0.2, -0.15) is 5.10 Å². The second-order valence-corrected chi connectivity index (χ2v) is 7.55. The van der Waals surface area contributed by atoms with E-state index in [9.17, 15) is 0 Å². The number of fused-ring (bicyclic) bond motifs is 4. The molecule has 0 unspecified atom stereocenters. The Balaban J connectivity index is 1.94. The van der Waals surface area contributed by atoms with E-state index in [4.69, 9.17) is 14.4 Å². The van der Waals surface area contributed by atoms with Crippen LogP contribution in [0.4, 0.5) is 0 Å². The molecule has 0 saturated heterocycles. The molecule has 0 radical (unpaired) electrons. The van der Waals surface area contributed by atoms with E-state index >= 15 is 0 Å². The number of hydrogen-bond donors (Lipinski definition) is 0. The highest BCUT2D eigenvalue weighted by molar-refractivity contribution is 5.45. The lowest BCUT2D eigenvalue weighted by Gasteiger charge is -2.51. The number of aryl methyl sites for hydroxylation is 1. The second-order valence-electron chi connectivity index (χ2n) is 7.55. The molecule has 0 aromatic carbocycles. The molecule has 4 rings (SSSR count). The van der Waals surface area contributed by atoms with Gasteiger partial charge in [0.15, 0.2) is 0 Å². The summed E-state index contributed by atoms with van der Waals surface area (Å²) in [5, 5.41) is 8.90. The molecule has 22 heavy (non-hydrogen) atoms. The van der Waals surface area contributed by atoms with E-state index in [1.807, 2.05) is 17.9 Å². The van der Waals surface area contributed by atoms with E-state index in [0.29, 0.717) is 5.92 Å². The monoisotopic (exact) mass is 301 g/mol. The minimum absolute atomic E-state index is 0.00414. The zero-order chi connectivity index (χ0) is 15.7. The number of hydrogen-bond acceptors (Lipinski definition) is 4. The van der Waals surface area contributed by atoms with E-state index in [0.717, 1.165) is 30.9 Å². The Morgan fingerprint density at radius 3 is 2.86 bits per heavy atom. The van der Waals surface area contributed by atoms with Crippen molar-refractivity contribution in [2.45, 2.75) is 50.9 Å². The molecule has 2 aromatic rings. The standard InChI is InChI=1S/C17H23N3O2/c1-16(2)12-7-6-11-13(19-20(4)15(11)21-5)17(12,3)8-10-9-18-22-14(10)16/h9,12H,6-8H2,1-5H3/t12-,17-/m0/s1. The van der Waals surface area contributed by atoms with Crippen LogP contribution in [0.2, 0.25) is 0 Å². The van der Waals surface area contributed by atoms with Crippen molar-refractivity contribution >= 4 is 0 Å². The number of ether oxygens (including phenoxy) is 1. The van der Waals surface area contributed by atoms with Crippen LogP contribution in [0.3, 0.4) is 0 Å². The van der Waals surface area contributed by atoms with Gasteiger partial charge in [-0.3, -0.25) is 0 Å². The molecule has 0 saturated carbocycles. The molecule has 2 aliphatic rings. The predicted molar refractivity (Wildman–Crippen MR) is 82.2 cm³/mol. The maximum atomic E-state index is 5.60. The molecule has 2 aliphatic carbocycles. The lowest BCUT2D eigenvalue weighted by Crippen LogP contribution is -2.51. The van der Waals surface area contributed by atoms with Gasteiger partial charge in [-0.25, -0.2) is 4.68 Å². The quantitative estimate of drug-likeness (QED) is 0.812. The molecular weight excluding hydrogens is 278 g/mol. The molecule has 0 bridgehead atoms. The summed E-state index contributed by atoms with van der Waals surface area (Å²) in [6, 6.07) is 0. The normalized spacial score (nSPS) is 28.7. The second kappa shape index (κ2) is 4.15. The first-order chi connectivity index (χ1) is 10.4. The molecule has 2 heterocycles. The van der Waals surface area contributed by atoms with Gasteiger partial charge in [0.05, 0.1) is 19.0 Å². The number of methoxy groups -OCH3 is 1. The van der Waals surface area contributed by atoms with Crippen LogP contribution in [-0.2, 0) is 30.7 Å². The largest absolute Gasteiger partial charge is 0.481 e. The molecule has 5 nitrogen and oxygen atoms in total. The first-order valence-electron chi connectivity index (χ1n) is 7.94. The third kappa shape index (κ3) is 1.49. The Morgan fingerprint density at radius 2 is 2.14 bits per heavy atom. The molecule has 2 aromatic heterocycles. The average molecular weight is 301 g/mol. The first-order valence-corrected chi connectivity index (χ1v) is 7.94. The third-order valence-corrected chi connectivity index (χ3v) is 5.93. The van der Waals surface area contributed by atoms with Crippen molar-refractivity contribution in [1.82, 2.24) is 14.9 Å². The Bertz CT molecular complexity index is 743. The average Bonchev–Trinajstić information content (AvgIpc) is 3.03. The predicted octanol–water partition coefficient (Wildman–Crippen LogP) is 2.77. The van der Waals surface area contributed by atoms with Crippen molar-refractivity contribution in [3.8, 4) is 5.88 Å². The lowest BCUT2D eigenvalue weighted by atomic mass is 9.52. The number of nitrogens with zero attached hydrogens (tertiary/aromatic N) is 3. The minimum atomic E-state index is -0.0265. The Labute approximate surface area is 130 Å². The summed E-state index contributed by atoms with van der Waals surface area (Å²) in [7, 11) is 3.70. The highest BCUT2D eigenvalue weighted by Gasteiger charge is 2.56. The van der Waals surface area contributed by atoms with Crippen molar-refractivity contribution < 1.29 is 9.26 Å². The van der Waals surface area contributed by atoms with Crippen LogP contribution in [0, 0.1) is 5.92 Å². The van der Waals surface area contributed by atoms with Crippen LogP contribution in [-0.4, -0.2) is 22.0 Å². The molecule has 0 N–H and O–H groups in total. The topological polar surface area (TPSA) is 53.1 Å². The van der Waals surface area contributed by atoms with Gasteiger partial charge in [0, 0.05) is 29.0 Å². The number of rotatable bonds is 1. The third-order valence-electron chi connectivity index (χ3n) is 5.93. The zero-order valence-electron chi connectivity index (χ0n) is 13.9. The van der Waals surface area contributed by atoms with Gasteiger partial charge in [-0.05, 0) is 25.2 Å². The van der Waals surface area contributed by atoms with Gasteiger partial charge in [0.25, 0.3) is 0 Å². The fraction of sp³-hybridized carbons (Fsp3) is 0.647. The SMILES string of the molecule is COc1c2c(nn1C)[C@@]1(C)Cc3cnoc3C(C)(C)[C@@H]1CC2. The summed E-state index contributed by atoms with van der Waals surface area (Å²) in [4.78, 5) is 0. The lowest BCUT2D eigenvalue weighted by molar-refractivity contribution is 0.109. The van der Waals surface area contributed by atoms with Crippen LogP contribution in [0.1, 0.15) is 49.8 Å². The van der Waals surface area contributed by atoms with Gasteiger partial charge >= 0.3 is 0 Å². The molecule has 5 heteroatoms. The molecule has 0 fully saturated rings. The van der Waals surface area contributed by atoms with Crippen molar-refractivity contribution in [2.75, 3.05) is 7.11 Å². The van der Waals surface area contributed by atoms with E-state index in [1.165, 1.54) is 16.8 Å².